The lowest BCUT2D eigenvalue weighted by Crippen LogP contribution is -2.48. The Labute approximate surface area is 165 Å². The zero-order valence-corrected chi connectivity index (χ0v) is 16.2. The Bertz CT molecular complexity index is 838. The molecule has 4 nitrogen and oxygen atoms in total. The number of piperidine rings is 1. The number of benzene rings is 2. The molecule has 0 radical (unpaired) electrons. The predicted octanol–water partition coefficient (Wildman–Crippen LogP) is 4.71. The molecule has 0 aliphatic carbocycles. The van der Waals surface area contributed by atoms with E-state index in [0.29, 0.717) is 24.7 Å². The SMILES string of the molecule is CN1C2CC[C@@H]1[C@H](C1=NN(c3ccccc3)CO1)[C@@H](c1ccc(Cl)cc1)C2. The molecule has 2 saturated heterocycles. The largest absolute Gasteiger partial charge is 0.456 e. The number of hydrogen-bond acceptors (Lipinski definition) is 4. The number of hydrogen-bond donors (Lipinski definition) is 0. The second kappa shape index (κ2) is 6.84. The fraction of sp³-hybridized carbons (Fsp3) is 0.409. The van der Waals surface area contributed by atoms with Crippen molar-refractivity contribution in [3.8, 4) is 0 Å². The van der Waals surface area contributed by atoms with Crippen LogP contribution in [0.3, 0.4) is 0 Å². The highest BCUT2D eigenvalue weighted by Gasteiger charge is 2.49. The number of halogens is 1. The van der Waals surface area contributed by atoms with Crippen LogP contribution in [0.25, 0.3) is 0 Å². The molecule has 3 aliphatic rings. The first kappa shape index (κ1) is 17.1. The third-order valence-electron chi connectivity index (χ3n) is 6.46. The molecule has 0 aromatic heterocycles. The van der Waals surface area contributed by atoms with E-state index in [1.165, 1.54) is 18.4 Å². The monoisotopic (exact) mass is 381 g/mol. The van der Waals surface area contributed by atoms with Crippen molar-refractivity contribution in [2.75, 3.05) is 18.8 Å². The second-order valence-electron chi connectivity index (χ2n) is 7.83. The molecular formula is C22H24ClN3O. The zero-order valence-electron chi connectivity index (χ0n) is 15.5. The zero-order chi connectivity index (χ0) is 18.4. The molecule has 27 heavy (non-hydrogen) atoms. The number of anilines is 1. The van der Waals surface area contributed by atoms with E-state index in [1.54, 1.807) is 0 Å². The summed E-state index contributed by atoms with van der Waals surface area (Å²) in [6, 6.07) is 19.7. The average molecular weight is 382 g/mol. The van der Waals surface area contributed by atoms with Crippen molar-refractivity contribution < 1.29 is 4.74 Å². The molecule has 0 N–H and O–H groups in total. The van der Waals surface area contributed by atoms with Gasteiger partial charge in [-0.05, 0) is 62.1 Å². The van der Waals surface area contributed by atoms with Gasteiger partial charge in [0.05, 0.1) is 11.6 Å². The van der Waals surface area contributed by atoms with Crippen molar-refractivity contribution in [1.82, 2.24) is 4.90 Å². The molecule has 3 aliphatic heterocycles. The van der Waals surface area contributed by atoms with Crippen LogP contribution >= 0.6 is 11.6 Å². The molecule has 2 bridgehead atoms. The van der Waals surface area contributed by atoms with E-state index in [4.69, 9.17) is 21.4 Å². The van der Waals surface area contributed by atoms with Crippen molar-refractivity contribution in [3.63, 3.8) is 0 Å². The first-order chi connectivity index (χ1) is 13.2. The van der Waals surface area contributed by atoms with Gasteiger partial charge in [-0.1, -0.05) is 41.9 Å². The van der Waals surface area contributed by atoms with Crippen molar-refractivity contribution >= 4 is 23.2 Å². The third kappa shape index (κ3) is 3.01. The molecule has 2 fully saturated rings. The molecule has 5 rings (SSSR count). The van der Waals surface area contributed by atoms with Crippen LogP contribution in [0, 0.1) is 5.92 Å². The molecule has 4 atom stereocenters. The summed E-state index contributed by atoms with van der Waals surface area (Å²) >= 11 is 6.13. The van der Waals surface area contributed by atoms with Gasteiger partial charge in [-0.3, -0.25) is 4.90 Å². The highest BCUT2D eigenvalue weighted by Crippen LogP contribution is 2.47. The summed E-state index contributed by atoms with van der Waals surface area (Å²) in [6.07, 6.45) is 3.62. The Morgan fingerprint density at radius 3 is 2.59 bits per heavy atom. The maximum atomic E-state index is 6.16. The lowest BCUT2D eigenvalue weighted by Gasteiger charge is -2.42. The van der Waals surface area contributed by atoms with Crippen molar-refractivity contribution in [1.29, 1.82) is 0 Å². The van der Waals surface area contributed by atoms with Crippen molar-refractivity contribution in [2.45, 2.75) is 37.3 Å². The van der Waals surface area contributed by atoms with Crippen LogP contribution < -0.4 is 5.01 Å². The van der Waals surface area contributed by atoms with Crippen LogP contribution in [-0.4, -0.2) is 36.7 Å². The van der Waals surface area contributed by atoms with Gasteiger partial charge in [0, 0.05) is 17.1 Å². The molecular weight excluding hydrogens is 358 g/mol. The Morgan fingerprint density at radius 2 is 1.81 bits per heavy atom. The lowest BCUT2D eigenvalue weighted by molar-refractivity contribution is 0.119. The van der Waals surface area contributed by atoms with Crippen LogP contribution in [0.5, 0.6) is 0 Å². The minimum absolute atomic E-state index is 0.281. The predicted molar refractivity (Wildman–Crippen MR) is 109 cm³/mol. The summed E-state index contributed by atoms with van der Waals surface area (Å²) in [7, 11) is 2.26. The maximum Gasteiger partial charge on any atom is 0.213 e. The second-order valence-corrected chi connectivity index (χ2v) is 8.27. The molecule has 0 amide bonds. The van der Waals surface area contributed by atoms with Crippen LogP contribution in [0.1, 0.15) is 30.7 Å². The van der Waals surface area contributed by atoms with E-state index in [9.17, 15) is 0 Å². The fourth-order valence-corrected chi connectivity index (χ4v) is 5.18. The fourth-order valence-electron chi connectivity index (χ4n) is 5.06. The smallest absolute Gasteiger partial charge is 0.213 e. The van der Waals surface area contributed by atoms with E-state index in [2.05, 4.69) is 36.2 Å². The van der Waals surface area contributed by atoms with E-state index >= 15 is 0 Å². The van der Waals surface area contributed by atoms with Gasteiger partial charge in [0.2, 0.25) is 5.90 Å². The maximum absolute atomic E-state index is 6.16. The van der Waals surface area contributed by atoms with Gasteiger partial charge in [0.1, 0.15) is 0 Å². The summed E-state index contributed by atoms with van der Waals surface area (Å²) in [5.74, 6) is 1.59. The van der Waals surface area contributed by atoms with Gasteiger partial charge in [0.15, 0.2) is 6.73 Å². The van der Waals surface area contributed by atoms with Crippen LogP contribution in [0.2, 0.25) is 5.02 Å². The summed E-state index contributed by atoms with van der Waals surface area (Å²) in [5, 5.41) is 7.66. The van der Waals surface area contributed by atoms with Crippen LogP contribution in [0.4, 0.5) is 5.69 Å². The minimum atomic E-state index is 0.281. The Kier molecular flexibility index (Phi) is 4.33. The summed E-state index contributed by atoms with van der Waals surface area (Å²) in [5.41, 5.74) is 2.42. The number of rotatable bonds is 3. The van der Waals surface area contributed by atoms with Crippen LogP contribution in [0.15, 0.2) is 59.7 Å². The number of nitrogens with zero attached hydrogens (tertiary/aromatic N) is 3. The van der Waals surface area contributed by atoms with E-state index in [1.807, 2.05) is 35.3 Å². The van der Waals surface area contributed by atoms with E-state index < -0.39 is 0 Å². The summed E-state index contributed by atoms with van der Waals surface area (Å²) < 4.78 is 6.16. The van der Waals surface area contributed by atoms with Crippen molar-refractivity contribution in [2.24, 2.45) is 11.0 Å². The highest BCUT2D eigenvalue weighted by molar-refractivity contribution is 6.30. The molecule has 0 saturated carbocycles. The standard InChI is InChI=1S/C22H24ClN3O/c1-25-18-11-12-20(25)21(19(13-18)15-7-9-16(23)10-8-15)22-24-26(14-27-22)17-5-3-2-4-6-17/h2-10,18-21H,11-14H2,1H3/t18?,19-,20-,21-/m1/s1. The molecule has 1 unspecified atom stereocenters. The van der Waals surface area contributed by atoms with Gasteiger partial charge >= 0.3 is 0 Å². The van der Waals surface area contributed by atoms with E-state index in [-0.39, 0.29) is 5.92 Å². The topological polar surface area (TPSA) is 28.1 Å². The van der Waals surface area contributed by atoms with Gasteiger partial charge < -0.3 is 4.74 Å². The number of fused-ring (bicyclic) bond motifs is 2. The normalized spacial score (nSPS) is 30.3. The Hall–Kier alpha value is -2.04. The molecule has 0 spiro atoms. The number of para-hydroxylation sites is 1. The lowest BCUT2D eigenvalue weighted by atomic mass is 9.76. The van der Waals surface area contributed by atoms with Gasteiger partial charge in [0.25, 0.3) is 0 Å². The number of hydrazone groups is 1. The summed E-state index contributed by atoms with van der Waals surface area (Å²) in [6.45, 7) is 0.489. The van der Waals surface area contributed by atoms with Gasteiger partial charge in [-0.25, -0.2) is 5.01 Å². The van der Waals surface area contributed by atoms with Crippen molar-refractivity contribution in [3.05, 3.63) is 65.2 Å². The molecule has 140 valence electrons. The molecule has 5 heteroatoms. The molecule has 2 aromatic carbocycles. The first-order valence-electron chi connectivity index (χ1n) is 9.72. The van der Waals surface area contributed by atoms with Gasteiger partial charge in [-0.2, -0.15) is 0 Å². The van der Waals surface area contributed by atoms with Gasteiger partial charge in [-0.15, -0.1) is 5.10 Å². The first-order valence-corrected chi connectivity index (χ1v) is 10.1. The number of ether oxygens (including phenoxy) is 1. The van der Waals surface area contributed by atoms with E-state index in [0.717, 1.165) is 23.0 Å². The molecule has 3 heterocycles. The minimum Gasteiger partial charge on any atom is -0.456 e. The Balaban J connectivity index is 1.50. The molecule has 2 aromatic rings. The third-order valence-corrected chi connectivity index (χ3v) is 6.71. The average Bonchev–Trinajstić information content (AvgIpc) is 3.26. The highest BCUT2D eigenvalue weighted by atomic mass is 35.5. The summed E-state index contributed by atoms with van der Waals surface area (Å²) in [4.78, 5) is 2.55. The van der Waals surface area contributed by atoms with Crippen LogP contribution in [-0.2, 0) is 4.74 Å². The Morgan fingerprint density at radius 1 is 1.04 bits per heavy atom. The quantitative estimate of drug-likeness (QED) is 0.770.